The molecule has 3 aromatic heterocycles. The monoisotopic (exact) mass is 417 g/mol. The lowest BCUT2D eigenvalue weighted by atomic mass is 10.1. The molecular formula is C22H23N7O2. The van der Waals surface area contributed by atoms with Gasteiger partial charge in [0.1, 0.15) is 29.9 Å². The number of aromatic nitrogens is 5. The molecule has 0 radical (unpaired) electrons. The van der Waals surface area contributed by atoms with E-state index in [1.165, 1.54) is 0 Å². The van der Waals surface area contributed by atoms with Crippen LogP contribution in [0.2, 0.25) is 0 Å². The minimum Gasteiger partial charge on any atom is -0.491 e. The van der Waals surface area contributed by atoms with E-state index >= 15 is 0 Å². The molecule has 1 atom stereocenters. The van der Waals surface area contributed by atoms with Crippen LogP contribution in [-0.4, -0.2) is 56.6 Å². The van der Waals surface area contributed by atoms with Crippen LogP contribution in [0.15, 0.2) is 43.0 Å². The molecule has 1 aliphatic rings. The number of rotatable bonds is 6. The van der Waals surface area contributed by atoms with Crippen molar-refractivity contribution in [3.8, 4) is 5.75 Å². The Bertz CT molecular complexity index is 1240. The first-order chi connectivity index (χ1) is 15.2. The number of carbonyl (C=O) groups excluding carboxylic acids is 1. The first-order valence-corrected chi connectivity index (χ1v) is 10.5. The lowest BCUT2D eigenvalue weighted by Gasteiger charge is -2.26. The van der Waals surface area contributed by atoms with Crippen molar-refractivity contribution in [3.05, 3.63) is 48.7 Å². The summed E-state index contributed by atoms with van der Waals surface area (Å²) in [5, 5.41) is 3.69. The first kappa shape index (κ1) is 19.2. The Labute approximate surface area is 178 Å². The summed E-state index contributed by atoms with van der Waals surface area (Å²) in [6, 6.07) is 9.59. The van der Waals surface area contributed by atoms with Gasteiger partial charge in [-0.3, -0.25) is 4.79 Å². The molecule has 31 heavy (non-hydrogen) atoms. The number of nitrogens with one attached hydrogen (secondary N) is 2. The SMILES string of the molecule is CCNC(=O)c1cc(OCC2CCCN2c2ncnc3nc[nH]c23)c2ccccc2n1. The Kier molecular flexibility index (Phi) is 5.07. The van der Waals surface area contributed by atoms with Crippen LogP contribution in [0.25, 0.3) is 22.1 Å². The Hall–Kier alpha value is -3.75. The molecule has 158 valence electrons. The molecule has 0 spiro atoms. The third kappa shape index (κ3) is 3.63. The Morgan fingerprint density at radius 2 is 2.19 bits per heavy atom. The van der Waals surface area contributed by atoms with Crippen LogP contribution in [0, 0.1) is 0 Å². The topological polar surface area (TPSA) is 109 Å². The fourth-order valence-corrected chi connectivity index (χ4v) is 4.07. The number of H-pyrrole nitrogens is 1. The Balaban J connectivity index is 1.42. The first-order valence-electron chi connectivity index (χ1n) is 10.5. The lowest BCUT2D eigenvalue weighted by Crippen LogP contribution is -2.35. The summed E-state index contributed by atoms with van der Waals surface area (Å²) in [7, 11) is 0. The van der Waals surface area contributed by atoms with Crippen LogP contribution in [0.1, 0.15) is 30.3 Å². The smallest absolute Gasteiger partial charge is 0.270 e. The summed E-state index contributed by atoms with van der Waals surface area (Å²) in [6.45, 7) is 3.79. The van der Waals surface area contributed by atoms with Crippen molar-refractivity contribution >= 4 is 33.8 Å². The van der Waals surface area contributed by atoms with Gasteiger partial charge in [-0.15, -0.1) is 0 Å². The maximum absolute atomic E-state index is 12.4. The largest absolute Gasteiger partial charge is 0.491 e. The highest BCUT2D eigenvalue weighted by atomic mass is 16.5. The average molecular weight is 417 g/mol. The Morgan fingerprint density at radius 1 is 1.29 bits per heavy atom. The number of ether oxygens (including phenoxy) is 1. The Morgan fingerprint density at radius 3 is 3.10 bits per heavy atom. The number of hydrogen-bond acceptors (Lipinski definition) is 7. The van der Waals surface area contributed by atoms with E-state index in [2.05, 4.69) is 35.1 Å². The molecule has 2 N–H and O–H groups in total. The van der Waals surface area contributed by atoms with Gasteiger partial charge in [0.2, 0.25) is 0 Å². The molecule has 5 rings (SSSR count). The summed E-state index contributed by atoms with van der Waals surface area (Å²) >= 11 is 0. The molecule has 9 heteroatoms. The molecule has 0 saturated carbocycles. The molecule has 1 aliphatic heterocycles. The van der Waals surface area contributed by atoms with E-state index < -0.39 is 0 Å². The zero-order valence-corrected chi connectivity index (χ0v) is 17.2. The lowest BCUT2D eigenvalue weighted by molar-refractivity contribution is 0.0950. The van der Waals surface area contributed by atoms with Gasteiger partial charge in [0.25, 0.3) is 5.91 Å². The van der Waals surface area contributed by atoms with Gasteiger partial charge >= 0.3 is 0 Å². The van der Waals surface area contributed by atoms with Gasteiger partial charge in [0.15, 0.2) is 11.5 Å². The fraction of sp³-hybridized carbons (Fsp3) is 0.318. The molecule has 4 heterocycles. The number of pyridine rings is 1. The number of amides is 1. The third-order valence-corrected chi connectivity index (χ3v) is 5.53. The summed E-state index contributed by atoms with van der Waals surface area (Å²) in [5.74, 6) is 1.30. The number of nitrogens with zero attached hydrogens (tertiary/aromatic N) is 5. The molecular weight excluding hydrogens is 394 g/mol. The summed E-state index contributed by atoms with van der Waals surface area (Å²) in [4.78, 5) is 35.2. The standard InChI is InChI=1S/C22H23N7O2/c1-2-23-22(30)17-10-18(15-7-3-4-8-16(15)28-17)31-11-14-6-5-9-29(14)21-19-20(25-12-24-19)26-13-27-21/h3-4,7-8,10,12-14H,2,5-6,9,11H2,1H3,(H,23,30)(H,24,25,26,27). The maximum atomic E-state index is 12.4. The normalized spacial score (nSPS) is 16.2. The number of aromatic amines is 1. The van der Waals surface area contributed by atoms with Crippen LogP contribution >= 0.6 is 0 Å². The van der Waals surface area contributed by atoms with Crippen LogP contribution in [0.5, 0.6) is 5.75 Å². The summed E-state index contributed by atoms with van der Waals surface area (Å²) < 4.78 is 6.29. The van der Waals surface area contributed by atoms with Crippen molar-refractivity contribution < 1.29 is 9.53 Å². The number of para-hydroxylation sites is 1. The number of benzene rings is 1. The molecule has 1 saturated heterocycles. The zero-order chi connectivity index (χ0) is 21.2. The van der Waals surface area contributed by atoms with Crippen molar-refractivity contribution in [3.63, 3.8) is 0 Å². The van der Waals surface area contributed by atoms with Gasteiger partial charge < -0.3 is 19.9 Å². The second kappa shape index (κ2) is 8.17. The van der Waals surface area contributed by atoms with Crippen molar-refractivity contribution in [1.82, 2.24) is 30.2 Å². The summed E-state index contributed by atoms with van der Waals surface area (Å²) in [6.07, 6.45) is 5.22. The van der Waals surface area contributed by atoms with Crippen molar-refractivity contribution in [2.24, 2.45) is 0 Å². The van der Waals surface area contributed by atoms with E-state index in [1.54, 1.807) is 18.7 Å². The minimum absolute atomic E-state index is 0.154. The van der Waals surface area contributed by atoms with Crippen LogP contribution in [0.3, 0.4) is 0 Å². The molecule has 1 unspecified atom stereocenters. The van der Waals surface area contributed by atoms with E-state index in [-0.39, 0.29) is 11.9 Å². The van der Waals surface area contributed by atoms with Crippen molar-refractivity contribution in [1.29, 1.82) is 0 Å². The van der Waals surface area contributed by atoms with Crippen LogP contribution in [0.4, 0.5) is 5.82 Å². The van der Waals surface area contributed by atoms with E-state index in [9.17, 15) is 4.79 Å². The van der Waals surface area contributed by atoms with E-state index in [0.29, 0.717) is 30.2 Å². The van der Waals surface area contributed by atoms with Gasteiger partial charge in [0.05, 0.1) is 17.9 Å². The summed E-state index contributed by atoms with van der Waals surface area (Å²) in [5.41, 5.74) is 2.58. The molecule has 0 aliphatic carbocycles. The predicted molar refractivity (Wildman–Crippen MR) is 117 cm³/mol. The van der Waals surface area contributed by atoms with Crippen LogP contribution < -0.4 is 15.0 Å². The number of imidazole rings is 1. The predicted octanol–water partition coefficient (Wildman–Crippen LogP) is 2.70. The highest BCUT2D eigenvalue weighted by Crippen LogP contribution is 2.30. The number of fused-ring (bicyclic) bond motifs is 2. The highest BCUT2D eigenvalue weighted by Gasteiger charge is 2.28. The fourth-order valence-electron chi connectivity index (χ4n) is 4.07. The molecule has 1 fully saturated rings. The molecule has 1 amide bonds. The van der Waals surface area contributed by atoms with E-state index in [4.69, 9.17) is 4.74 Å². The number of anilines is 1. The van der Waals surface area contributed by atoms with Crippen molar-refractivity contribution in [2.45, 2.75) is 25.8 Å². The van der Waals surface area contributed by atoms with E-state index in [0.717, 1.165) is 41.6 Å². The second-order valence-electron chi connectivity index (χ2n) is 7.48. The van der Waals surface area contributed by atoms with Crippen LogP contribution in [-0.2, 0) is 0 Å². The molecule has 0 bridgehead atoms. The number of carbonyl (C=O) groups is 1. The number of hydrogen-bond donors (Lipinski definition) is 2. The second-order valence-corrected chi connectivity index (χ2v) is 7.48. The average Bonchev–Trinajstić information content (AvgIpc) is 3.46. The maximum Gasteiger partial charge on any atom is 0.270 e. The molecule has 4 aromatic rings. The zero-order valence-electron chi connectivity index (χ0n) is 17.2. The van der Waals surface area contributed by atoms with E-state index in [1.807, 2.05) is 31.2 Å². The quantitative estimate of drug-likeness (QED) is 0.496. The van der Waals surface area contributed by atoms with Gasteiger partial charge in [0, 0.05) is 24.5 Å². The van der Waals surface area contributed by atoms with Gasteiger partial charge in [-0.25, -0.2) is 19.9 Å². The van der Waals surface area contributed by atoms with Crippen molar-refractivity contribution in [2.75, 3.05) is 24.6 Å². The third-order valence-electron chi connectivity index (χ3n) is 5.53. The van der Waals surface area contributed by atoms with Gasteiger partial charge in [-0.1, -0.05) is 12.1 Å². The highest BCUT2D eigenvalue weighted by molar-refractivity contribution is 5.97. The van der Waals surface area contributed by atoms with Gasteiger partial charge in [-0.2, -0.15) is 0 Å². The molecule has 1 aromatic carbocycles. The van der Waals surface area contributed by atoms with Gasteiger partial charge in [-0.05, 0) is 31.9 Å². The minimum atomic E-state index is -0.205. The molecule has 9 nitrogen and oxygen atoms in total.